The van der Waals surface area contributed by atoms with Gasteiger partial charge in [0, 0.05) is 29.9 Å². The van der Waals surface area contributed by atoms with Crippen molar-refractivity contribution < 1.29 is 0 Å². The van der Waals surface area contributed by atoms with Crippen molar-refractivity contribution >= 4 is 11.3 Å². The second-order valence-electron chi connectivity index (χ2n) is 5.72. The van der Waals surface area contributed by atoms with E-state index in [4.69, 9.17) is 10.7 Å². The molecule has 0 amide bonds. The largest absolute Gasteiger partial charge is 0.327 e. The molecule has 4 heteroatoms. The molecule has 0 spiro atoms. The Balaban J connectivity index is 2.01. The Bertz CT molecular complexity index is 373. The van der Waals surface area contributed by atoms with Crippen LogP contribution >= 0.6 is 11.3 Å². The zero-order valence-corrected chi connectivity index (χ0v) is 12.5. The van der Waals surface area contributed by atoms with Crippen molar-refractivity contribution in [2.75, 3.05) is 6.54 Å². The maximum absolute atomic E-state index is 6.11. The summed E-state index contributed by atoms with van der Waals surface area (Å²) in [5.41, 5.74) is 7.32. The van der Waals surface area contributed by atoms with E-state index in [1.165, 1.54) is 36.5 Å². The highest BCUT2D eigenvalue weighted by Crippen LogP contribution is 2.24. The molecule has 102 valence electrons. The number of aromatic nitrogens is 1. The molecular formula is C14H25N3S. The molecule has 2 unspecified atom stereocenters. The minimum atomic E-state index is 0.258. The Morgan fingerprint density at radius 1 is 1.44 bits per heavy atom. The van der Waals surface area contributed by atoms with Crippen LogP contribution in [0.25, 0.3) is 0 Å². The quantitative estimate of drug-likeness (QED) is 0.912. The van der Waals surface area contributed by atoms with E-state index in [1.54, 1.807) is 11.3 Å². The standard InChI is InChI=1S/C14H25N3S/c1-10(2)14-16-12(9-18-14)8-17-7-5-4-6-13(17)11(3)15/h9-11,13H,4-8,15H2,1-3H3. The Labute approximate surface area is 114 Å². The summed E-state index contributed by atoms with van der Waals surface area (Å²) in [6, 6.07) is 0.788. The van der Waals surface area contributed by atoms with Gasteiger partial charge < -0.3 is 5.73 Å². The lowest BCUT2D eigenvalue weighted by Gasteiger charge is -2.37. The van der Waals surface area contributed by atoms with Crippen molar-refractivity contribution in [3.63, 3.8) is 0 Å². The lowest BCUT2D eigenvalue weighted by molar-refractivity contribution is 0.121. The van der Waals surface area contributed by atoms with Crippen LogP contribution in [-0.4, -0.2) is 28.5 Å². The lowest BCUT2D eigenvalue weighted by Crippen LogP contribution is -2.48. The van der Waals surface area contributed by atoms with Crippen molar-refractivity contribution in [1.29, 1.82) is 0 Å². The Morgan fingerprint density at radius 3 is 2.83 bits per heavy atom. The molecule has 2 atom stereocenters. The topological polar surface area (TPSA) is 42.2 Å². The number of rotatable bonds is 4. The molecule has 1 aromatic rings. The molecule has 0 bridgehead atoms. The smallest absolute Gasteiger partial charge is 0.0954 e. The van der Waals surface area contributed by atoms with E-state index in [2.05, 4.69) is 31.1 Å². The maximum atomic E-state index is 6.11. The number of thiazole rings is 1. The first kappa shape index (κ1) is 14.0. The first-order valence-electron chi connectivity index (χ1n) is 7.02. The molecule has 18 heavy (non-hydrogen) atoms. The third kappa shape index (κ3) is 3.31. The lowest BCUT2D eigenvalue weighted by atomic mass is 9.97. The molecule has 2 N–H and O–H groups in total. The van der Waals surface area contributed by atoms with E-state index in [0.29, 0.717) is 12.0 Å². The van der Waals surface area contributed by atoms with Crippen LogP contribution in [0.4, 0.5) is 0 Å². The molecule has 1 saturated heterocycles. The van der Waals surface area contributed by atoms with Crippen LogP contribution in [0.15, 0.2) is 5.38 Å². The van der Waals surface area contributed by atoms with E-state index in [-0.39, 0.29) is 6.04 Å². The molecular weight excluding hydrogens is 242 g/mol. The zero-order chi connectivity index (χ0) is 13.1. The van der Waals surface area contributed by atoms with Crippen LogP contribution in [0, 0.1) is 0 Å². The minimum Gasteiger partial charge on any atom is -0.327 e. The number of piperidine rings is 1. The van der Waals surface area contributed by atoms with Crippen molar-refractivity contribution in [3.8, 4) is 0 Å². The van der Waals surface area contributed by atoms with E-state index < -0.39 is 0 Å². The molecule has 2 rings (SSSR count). The number of hydrogen-bond acceptors (Lipinski definition) is 4. The van der Waals surface area contributed by atoms with Crippen molar-refractivity contribution in [2.24, 2.45) is 5.73 Å². The summed E-state index contributed by atoms with van der Waals surface area (Å²) < 4.78 is 0. The van der Waals surface area contributed by atoms with Gasteiger partial charge in [-0.05, 0) is 26.3 Å². The first-order valence-corrected chi connectivity index (χ1v) is 7.90. The summed E-state index contributed by atoms with van der Waals surface area (Å²) in [5, 5.41) is 3.46. The van der Waals surface area contributed by atoms with Crippen LogP contribution in [0.2, 0.25) is 0 Å². The van der Waals surface area contributed by atoms with Crippen molar-refractivity contribution in [1.82, 2.24) is 9.88 Å². The molecule has 1 fully saturated rings. The fourth-order valence-corrected chi connectivity index (χ4v) is 3.50. The fraction of sp³-hybridized carbons (Fsp3) is 0.786. The Hall–Kier alpha value is -0.450. The molecule has 1 aliphatic rings. The summed E-state index contributed by atoms with van der Waals surface area (Å²) in [7, 11) is 0. The van der Waals surface area contributed by atoms with Gasteiger partial charge in [0.15, 0.2) is 0 Å². The van der Waals surface area contributed by atoms with Gasteiger partial charge >= 0.3 is 0 Å². The fourth-order valence-electron chi connectivity index (χ4n) is 2.68. The maximum Gasteiger partial charge on any atom is 0.0954 e. The second kappa shape index (κ2) is 6.13. The van der Waals surface area contributed by atoms with Gasteiger partial charge in [0.05, 0.1) is 10.7 Å². The van der Waals surface area contributed by atoms with Gasteiger partial charge in [-0.1, -0.05) is 20.3 Å². The highest BCUT2D eigenvalue weighted by atomic mass is 32.1. The number of hydrogen-bond donors (Lipinski definition) is 1. The molecule has 3 nitrogen and oxygen atoms in total. The zero-order valence-electron chi connectivity index (χ0n) is 11.7. The second-order valence-corrected chi connectivity index (χ2v) is 6.61. The van der Waals surface area contributed by atoms with Crippen molar-refractivity contribution in [2.45, 2.75) is 64.6 Å². The van der Waals surface area contributed by atoms with Crippen LogP contribution < -0.4 is 5.73 Å². The molecule has 0 radical (unpaired) electrons. The SMILES string of the molecule is CC(C)c1nc(CN2CCCCC2C(C)N)cs1. The average molecular weight is 267 g/mol. The Kier molecular flexibility index (Phi) is 4.76. The van der Waals surface area contributed by atoms with E-state index in [9.17, 15) is 0 Å². The number of nitrogens with zero attached hydrogens (tertiary/aromatic N) is 2. The summed E-state index contributed by atoms with van der Waals surface area (Å²) >= 11 is 1.79. The van der Waals surface area contributed by atoms with Crippen molar-refractivity contribution in [3.05, 3.63) is 16.1 Å². The van der Waals surface area contributed by atoms with Crippen LogP contribution in [0.1, 0.15) is 56.7 Å². The van der Waals surface area contributed by atoms with Gasteiger partial charge in [0.2, 0.25) is 0 Å². The van der Waals surface area contributed by atoms with Gasteiger partial charge in [-0.3, -0.25) is 4.90 Å². The van der Waals surface area contributed by atoms with Gasteiger partial charge in [-0.25, -0.2) is 4.98 Å². The molecule has 2 heterocycles. The predicted molar refractivity (Wildman–Crippen MR) is 77.9 cm³/mol. The van der Waals surface area contributed by atoms with Gasteiger partial charge in [0.1, 0.15) is 0 Å². The molecule has 0 aromatic carbocycles. The van der Waals surface area contributed by atoms with E-state index in [1.807, 2.05) is 0 Å². The highest BCUT2D eigenvalue weighted by Gasteiger charge is 2.25. The molecule has 1 aliphatic heterocycles. The molecule has 0 saturated carbocycles. The summed E-state index contributed by atoms with van der Waals surface area (Å²) in [4.78, 5) is 7.25. The monoisotopic (exact) mass is 267 g/mol. The normalized spacial score (nSPS) is 23.5. The van der Waals surface area contributed by atoms with Crippen LogP contribution in [0.5, 0.6) is 0 Å². The summed E-state index contributed by atoms with van der Waals surface area (Å²) in [5.74, 6) is 0.536. The van der Waals surface area contributed by atoms with E-state index >= 15 is 0 Å². The van der Waals surface area contributed by atoms with Gasteiger partial charge in [-0.2, -0.15) is 0 Å². The first-order chi connectivity index (χ1) is 8.58. The summed E-state index contributed by atoms with van der Waals surface area (Å²) in [6.07, 6.45) is 3.85. The molecule has 1 aromatic heterocycles. The number of likely N-dealkylation sites (tertiary alicyclic amines) is 1. The van der Waals surface area contributed by atoms with Gasteiger partial charge in [0.25, 0.3) is 0 Å². The average Bonchev–Trinajstić information content (AvgIpc) is 2.78. The van der Waals surface area contributed by atoms with E-state index in [0.717, 1.165) is 6.54 Å². The summed E-state index contributed by atoms with van der Waals surface area (Å²) in [6.45, 7) is 8.67. The van der Waals surface area contributed by atoms with Gasteiger partial charge in [-0.15, -0.1) is 11.3 Å². The third-order valence-electron chi connectivity index (χ3n) is 3.70. The molecule has 0 aliphatic carbocycles. The van der Waals surface area contributed by atoms with Crippen LogP contribution in [-0.2, 0) is 6.54 Å². The third-order valence-corrected chi connectivity index (χ3v) is 4.89. The predicted octanol–water partition coefficient (Wildman–Crippen LogP) is 2.97. The Morgan fingerprint density at radius 2 is 2.22 bits per heavy atom. The van der Waals surface area contributed by atoms with Crippen LogP contribution in [0.3, 0.4) is 0 Å². The highest BCUT2D eigenvalue weighted by molar-refractivity contribution is 7.09. The number of nitrogens with two attached hydrogens (primary N) is 1. The minimum absolute atomic E-state index is 0.258.